The van der Waals surface area contributed by atoms with Gasteiger partial charge in [-0.05, 0) is 25.3 Å². The normalized spacial score (nSPS) is 25.1. The molecule has 1 fully saturated rings. The molecule has 0 radical (unpaired) electrons. The first kappa shape index (κ1) is 11.3. The van der Waals surface area contributed by atoms with Gasteiger partial charge in [0, 0.05) is 0 Å². The van der Waals surface area contributed by atoms with Gasteiger partial charge in [0.25, 0.3) is 0 Å². The molecule has 0 saturated carbocycles. The molecule has 1 aromatic carbocycles. The highest BCUT2D eigenvalue weighted by Crippen LogP contribution is 2.28. The zero-order valence-electron chi connectivity index (χ0n) is 9.48. The molecule has 1 aliphatic heterocycles. The molecule has 2 rings (SSSR count). The molecule has 1 unspecified atom stereocenters. The molecule has 0 aliphatic carbocycles. The van der Waals surface area contributed by atoms with Gasteiger partial charge in [0.1, 0.15) is 5.60 Å². The number of rotatable bonds is 5. The molecular weight excluding hydrogens is 202 g/mol. The van der Waals surface area contributed by atoms with Gasteiger partial charge < -0.3 is 10.5 Å². The van der Waals surface area contributed by atoms with E-state index in [1.54, 1.807) is 6.92 Å². The first-order chi connectivity index (χ1) is 7.62. The van der Waals surface area contributed by atoms with Crippen LogP contribution in [0.2, 0.25) is 0 Å². The summed E-state index contributed by atoms with van der Waals surface area (Å²) >= 11 is 0. The molecule has 0 spiro atoms. The number of Topliss-reactive ketones (excluding diaryl/α,β-unsaturated/α-hetero) is 1. The summed E-state index contributed by atoms with van der Waals surface area (Å²) < 4.78 is 5.10. The summed E-state index contributed by atoms with van der Waals surface area (Å²) in [5, 5.41) is 0. The lowest BCUT2D eigenvalue weighted by atomic mass is 9.96. The molecule has 1 aliphatic rings. The Labute approximate surface area is 95.6 Å². The van der Waals surface area contributed by atoms with Gasteiger partial charge in [0.2, 0.25) is 0 Å². The van der Waals surface area contributed by atoms with E-state index in [0.717, 1.165) is 6.42 Å². The highest BCUT2D eigenvalue weighted by Gasteiger charge is 2.48. The van der Waals surface area contributed by atoms with E-state index in [1.807, 2.05) is 30.3 Å². The maximum absolute atomic E-state index is 11.8. The summed E-state index contributed by atoms with van der Waals surface area (Å²) in [5.74, 6) is 0.0310. The van der Waals surface area contributed by atoms with Crippen LogP contribution in [-0.4, -0.2) is 24.0 Å². The molecule has 0 aromatic heterocycles. The van der Waals surface area contributed by atoms with E-state index in [-0.39, 0.29) is 5.78 Å². The standard InChI is InChI=1S/C13H17NO2/c1-13(9-16-13)12(15)11(14)8-7-10-5-3-2-4-6-10/h2-6,11H,7-9,14H2,1H3/t11?,13-/m1/s1. The topological polar surface area (TPSA) is 55.6 Å². The molecule has 3 nitrogen and oxygen atoms in total. The van der Waals surface area contributed by atoms with Crippen molar-refractivity contribution in [3.8, 4) is 0 Å². The van der Waals surface area contributed by atoms with Crippen LogP contribution in [0.4, 0.5) is 0 Å². The van der Waals surface area contributed by atoms with Crippen LogP contribution < -0.4 is 5.73 Å². The molecule has 2 N–H and O–H groups in total. The van der Waals surface area contributed by atoms with Crippen molar-refractivity contribution in [2.24, 2.45) is 5.73 Å². The van der Waals surface area contributed by atoms with Gasteiger partial charge >= 0.3 is 0 Å². The number of ether oxygens (including phenoxy) is 1. The first-order valence-corrected chi connectivity index (χ1v) is 5.59. The Kier molecular flexibility index (Phi) is 3.08. The Morgan fingerprint density at radius 2 is 2.12 bits per heavy atom. The van der Waals surface area contributed by atoms with Gasteiger partial charge in [-0.1, -0.05) is 30.3 Å². The van der Waals surface area contributed by atoms with Gasteiger partial charge in [-0.2, -0.15) is 0 Å². The van der Waals surface area contributed by atoms with E-state index < -0.39 is 11.6 Å². The Balaban J connectivity index is 1.84. The fourth-order valence-electron chi connectivity index (χ4n) is 1.74. The lowest BCUT2D eigenvalue weighted by molar-refractivity contribution is -0.124. The van der Waals surface area contributed by atoms with Crippen LogP contribution >= 0.6 is 0 Å². The predicted octanol–water partition coefficient (Wildman–Crippen LogP) is 1.30. The Morgan fingerprint density at radius 3 is 2.69 bits per heavy atom. The van der Waals surface area contributed by atoms with Crippen molar-refractivity contribution in [2.75, 3.05) is 6.61 Å². The van der Waals surface area contributed by atoms with Crippen molar-refractivity contribution in [3.63, 3.8) is 0 Å². The highest BCUT2D eigenvalue weighted by molar-refractivity contribution is 5.93. The molecule has 1 aromatic rings. The first-order valence-electron chi connectivity index (χ1n) is 5.59. The van der Waals surface area contributed by atoms with Gasteiger partial charge in [0.15, 0.2) is 5.78 Å². The lowest BCUT2D eigenvalue weighted by Gasteiger charge is -2.12. The zero-order valence-corrected chi connectivity index (χ0v) is 9.48. The number of ketones is 1. The average Bonchev–Trinajstić information content (AvgIpc) is 3.06. The zero-order chi connectivity index (χ0) is 11.6. The Morgan fingerprint density at radius 1 is 1.50 bits per heavy atom. The largest absolute Gasteiger partial charge is 0.362 e. The molecule has 1 heterocycles. The number of benzene rings is 1. The second-order valence-corrected chi connectivity index (χ2v) is 4.51. The fraction of sp³-hybridized carbons (Fsp3) is 0.462. The van der Waals surface area contributed by atoms with Crippen LogP contribution in [0.5, 0.6) is 0 Å². The fourth-order valence-corrected chi connectivity index (χ4v) is 1.74. The Hall–Kier alpha value is -1.19. The van der Waals surface area contributed by atoms with E-state index in [9.17, 15) is 4.79 Å². The maximum atomic E-state index is 11.8. The van der Waals surface area contributed by atoms with Crippen molar-refractivity contribution in [3.05, 3.63) is 35.9 Å². The quantitative estimate of drug-likeness (QED) is 0.759. The minimum absolute atomic E-state index is 0.0310. The third-order valence-electron chi connectivity index (χ3n) is 3.02. The number of carbonyl (C=O) groups is 1. The summed E-state index contributed by atoms with van der Waals surface area (Å²) in [7, 11) is 0. The number of aryl methyl sites for hydroxylation is 1. The van der Waals surface area contributed by atoms with E-state index in [2.05, 4.69) is 0 Å². The smallest absolute Gasteiger partial charge is 0.183 e. The summed E-state index contributed by atoms with van der Waals surface area (Å²) in [4.78, 5) is 11.8. The predicted molar refractivity (Wildman–Crippen MR) is 62.1 cm³/mol. The molecule has 0 bridgehead atoms. The van der Waals surface area contributed by atoms with Gasteiger partial charge in [-0.15, -0.1) is 0 Å². The van der Waals surface area contributed by atoms with Crippen molar-refractivity contribution in [1.82, 2.24) is 0 Å². The van der Waals surface area contributed by atoms with Crippen LogP contribution in [0, 0.1) is 0 Å². The summed E-state index contributed by atoms with van der Waals surface area (Å²) in [6.07, 6.45) is 1.52. The minimum Gasteiger partial charge on any atom is -0.362 e. The lowest BCUT2D eigenvalue weighted by Crippen LogP contribution is -2.39. The molecule has 86 valence electrons. The monoisotopic (exact) mass is 219 g/mol. The molecular formula is C13H17NO2. The number of carbonyl (C=O) groups excluding carboxylic acids is 1. The summed E-state index contributed by atoms with van der Waals surface area (Å²) in [6.45, 7) is 2.32. The average molecular weight is 219 g/mol. The molecule has 1 saturated heterocycles. The van der Waals surface area contributed by atoms with E-state index >= 15 is 0 Å². The number of epoxide rings is 1. The maximum Gasteiger partial charge on any atom is 0.183 e. The van der Waals surface area contributed by atoms with Crippen molar-refractivity contribution < 1.29 is 9.53 Å². The molecule has 0 amide bonds. The van der Waals surface area contributed by atoms with Crippen LogP contribution in [0.3, 0.4) is 0 Å². The second-order valence-electron chi connectivity index (χ2n) is 4.51. The second kappa shape index (κ2) is 4.36. The van der Waals surface area contributed by atoms with Crippen molar-refractivity contribution >= 4 is 5.78 Å². The van der Waals surface area contributed by atoms with Crippen molar-refractivity contribution in [2.45, 2.75) is 31.4 Å². The molecule has 3 heteroatoms. The van der Waals surface area contributed by atoms with Crippen LogP contribution in [0.15, 0.2) is 30.3 Å². The van der Waals surface area contributed by atoms with E-state index in [0.29, 0.717) is 13.0 Å². The van der Waals surface area contributed by atoms with Crippen LogP contribution in [-0.2, 0) is 16.0 Å². The third-order valence-corrected chi connectivity index (χ3v) is 3.02. The number of hydrogen-bond acceptors (Lipinski definition) is 3. The van der Waals surface area contributed by atoms with Crippen LogP contribution in [0.25, 0.3) is 0 Å². The molecule has 2 atom stereocenters. The van der Waals surface area contributed by atoms with Gasteiger partial charge in [-0.3, -0.25) is 4.79 Å². The number of hydrogen-bond donors (Lipinski definition) is 1. The molecule has 16 heavy (non-hydrogen) atoms. The summed E-state index contributed by atoms with van der Waals surface area (Å²) in [5.41, 5.74) is 6.49. The van der Waals surface area contributed by atoms with Gasteiger partial charge in [-0.25, -0.2) is 0 Å². The third kappa shape index (κ3) is 2.49. The number of nitrogens with two attached hydrogens (primary N) is 1. The van der Waals surface area contributed by atoms with Gasteiger partial charge in [0.05, 0.1) is 12.6 Å². The minimum atomic E-state index is -0.587. The van der Waals surface area contributed by atoms with Crippen LogP contribution in [0.1, 0.15) is 18.9 Å². The van der Waals surface area contributed by atoms with E-state index in [4.69, 9.17) is 10.5 Å². The Bertz CT molecular complexity index is 371. The van der Waals surface area contributed by atoms with E-state index in [1.165, 1.54) is 5.56 Å². The van der Waals surface area contributed by atoms with Crippen molar-refractivity contribution in [1.29, 1.82) is 0 Å². The SMILES string of the molecule is C[C@]1(C(=O)C(N)CCc2ccccc2)CO1. The highest BCUT2D eigenvalue weighted by atomic mass is 16.6. The summed E-state index contributed by atoms with van der Waals surface area (Å²) in [6, 6.07) is 9.65.